The molecule has 1 N–H and O–H groups in total. The highest BCUT2D eigenvalue weighted by atomic mass is 32.2. The Balaban J connectivity index is 2.52. The van der Waals surface area contributed by atoms with E-state index in [0.29, 0.717) is 5.82 Å². The lowest BCUT2D eigenvalue weighted by atomic mass is 10.2. The number of rotatable bonds is 5. The standard InChI is InChI=1S/C13H13F2N3O2S/c1-7(2)12-16-17-13(21-6-11(19)20)18(12)10-4-3-8(14)5-9(10)15/h3-5,7H,6H2,1-2H3,(H,19,20). The average molecular weight is 313 g/mol. The molecule has 8 heteroatoms. The van der Waals surface area contributed by atoms with Gasteiger partial charge in [0.15, 0.2) is 5.16 Å². The summed E-state index contributed by atoms with van der Waals surface area (Å²) in [5.41, 5.74) is 0.0954. The summed E-state index contributed by atoms with van der Waals surface area (Å²) >= 11 is 0.931. The summed E-state index contributed by atoms with van der Waals surface area (Å²) in [5.74, 6) is -2.25. The number of carbonyl (C=O) groups is 1. The maximum atomic E-state index is 14.0. The molecule has 1 aromatic heterocycles. The van der Waals surface area contributed by atoms with Crippen LogP contribution in [0.4, 0.5) is 8.78 Å². The minimum atomic E-state index is -1.01. The zero-order valence-electron chi connectivity index (χ0n) is 11.4. The van der Waals surface area contributed by atoms with Crippen LogP contribution in [0, 0.1) is 11.6 Å². The van der Waals surface area contributed by atoms with E-state index in [9.17, 15) is 13.6 Å². The third kappa shape index (κ3) is 3.38. The van der Waals surface area contributed by atoms with Crippen LogP contribution < -0.4 is 0 Å². The number of nitrogens with zero attached hydrogens (tertiary/aromatic N) is 3. The minimum Gasteiger partial charge on any atom is -0.481 e. The number of aliphatic carboxylic acids is 1. The second kappa shape index (κ2) is 6.21. The maximum absolute atomic E-state index is 14.0. The fourth-order valence-electron chi connectivity index (χ4n) is 1.76. The highest BCUT2D eigenvalue weighted by molar-refractivity contribution is 7.99. The molecule has 5 nitrogen and oxygen atoms in total. The van der Waals surface area contributed by atoms with Gasteiger partial charge in [0.2, 0.25) is 0 Å². The van der Waals surface area contributed by atoms with Gasteiger partial charge in [-0.25, -0.2) is 8.78 Å². The number of hydrogen-bond donors (Lipinski definition) is 1. The first-order chi connectivity index (χ1) is 9.90. The number of benzene rings is 1. The molecule has 2 rings (SSSR count). The number of aromatic nitrogens is 3. The molecule has 0 atom stereocenters. The fraction of sp³-hybridized carbons (Fsp3) is 0.308. The summed E-state index contributed by atoms with van der Waals surface area (Å²) in [4.78, 5) is 10.7. The second-order valence-electron chi connectivity index (χ2n) is 4.61. The van der Waals surface area contributed by atoms with E-state index in [1.165, 1.54) is 10.6 Å². The van der Waals surface area contributed by atoms with E-state index in [1.807, 2.05) is 13.8 Å². The van der Waals surface area contributed by atoms with Gasteiger partial charge in [-0.3, -0.25) is 9.36 Å². The Labute approximate surface area is 124 Å². The van der Waals surface area contributed by atoms with E-state index < -0.39 is 17.6 Å². The second-order valence-corrected chi connectivity index (χ2v) is 5.55. The van der Waals surface area contributed by atoms with E-state index in [0.717, 1.165) is 23.9 Å². The normalized spacial score (nSPS) is 11.1. The third-order valence-corrected chi connectivity index (χ3v) is 3.56. The van der Waals surface area contributed by atoms with E-state index >= 15 is 0 Å². The van der Waals surface area contributed by atoms with Crippen molar-refractivity contribution in [1.29, 1.82) is 0 Å². The molecule has 0 bridgehead atoms. The molecule has 1 aromatic carbocycles. The van der Waals surface area contributed by atoms with Gasteiger partial charge in [0.05, 0.1) is 11.4 Å². The van der Waals surface area contributed by atoms with Crippen molar-refractivity contribution in [2.24, 2.45) is 0 Å². The van der Waals surface area contributed by atoms with E-state index in [2.05, 4.69) is 10.2 Å². The van der Waals surface area contributed by atoms with E-state index in [-0.39, 0.29) is 22.5 Å². The Morgan fingerprint density at radius 1 is 1.38 bits per heavy atom. The zero-order chi connectivity index (χ0) is 15.6. The zero-order valence-corrected chi connectivity index (χ0v) is 12.2. The topological polar surface area (TPSA) is 68.0 Å². The molecule has 0 fully saturated rings. The molecular weight excluding hydrogens is 300 g/mol. The molecule has 0 unspecified atom stereocenters. The van der Waals surface area contributed by atoms with Gasteiger partial charge in [-0.15, -0.1) is 10.2 Å². The number of thioether (sulfide) groups is 1. The molecule has 0 spiro atoms. The number of carboxylic acid groups (broad SMARTS) is 1. The third-order valence-electron chi connectivity index (χ3n) is 2.65. The van der Waals surface area contributed by atoms with Gasteiger partial charge in [0, 0.05) is 12.0 Å². The van der Waals surface area contributed by atoms with Crippen LogP contribution in [0.5, 0.6) is 0 Å². The highest BCUT2D eigenvalue weighted by Gasteiger charge is 2.20. The molecule has 112 valence electrons. The van der Waals surface area contributed by atoms with Crippen LogP contribution >= 0.6 is 11.8 Å². The smallest absolute Gasteiger partial charge is 0.313 e. The van der Waals surface area contributed by atoms with Crippen LogP contribution in [0.3, 0.4) is 0 Å². The fourth-order valence-corrected chi connectivity index (χ4v) is 2.44. The first kappa shape index (κ1) is 15.4. The Morgan fingerprint density at radius 2 is 2.10 bits per heavy atom. The predicted octanol–water partition coefficient (Wildman–Crippen LogP) is 2.85. The Morgan fingerprint density at radius 3 is 2.67 bits per heavy atom. The van der Waals surface area contributed by atoms with Crippen molar-refractivity contribution in [3.8, 4) is 5.69 Å². The van der Waals surface area contributed by atoms with Crippen molar-refractivity contribution in [3.05, 3.63) is 35.7 Å². The SMILES string of the molecule is CC(C)c1nnc(SCC(=O)O)n1-c1ccc(F)cc1F. The van der Waals surface area contributed by atoms with Gasteiger partial charge >= 0.3 is 5.97 Å². The molecule has 0 aliphatic heterocycles. The summed E-state index contributed by atoms with van der Waals surface area (Å²) in [6.45, 7) is 3.71. The lowest BCUT2D eigenvalue weighted by Crippen LogP contribution is -2.08. The molecule has 21 heavy (non-hydrogen) atoms. The summed E-state index contributed by atoms with van der Waals surface area (Å²) in [5, 5.41) is 16.9. The van der Waals surface area contributed by atoms with Crippen molar-refractivity contribution in [3.63, 3.8) is 0 Å². The van der Waals surface area contributed by atoms with Crippen LogP contribution in [0.15, 0.2) is 23.4 Å². The van der Waals surface area contributed by atoms with Gasteiger partial charge in [-0.2, -0.15) is 0 Å². The predicted molar refractivity (Wildman–Crippen MR) is 73.7 cm³/mol. The quantitative estimate of drug-likeness (QED) is 0.860. The Bertz CT molecular complexity index is 673. The number of hydrogen-bond acceptors (Lipinski definition) is 4. The summed E-state index contributed by atoms with van der Waals surface area (Å²) in [6.07, 6.45) is 0. The van der Waals surface area contributed by atoms with E-state index in [4.69, 9.17) is 5.11 Å². The summed E-state index contributed by atoms with van der Waals surface area (Å²) in [7, 11) is 0. The molecule has 0 amide bonds. The Kier molecular flexibility index (Phi) is 4.56. The maximum Gasteiger partial charge on any atom is 0.313 e. The first-order valence-corrected chi connectivity index (χ1v) is 7.14. The van der Waals surface area contributed by atoms with Crippen LogP contribution in [0.1, 0.15) is 25.6 Å². The van der Waals surface area contributed by atoms with Crippen LogP contribution in [-0.4, -0.2) is 31.6 Å². The molecule has 0 saturated carbocycles. The van der Waals surface area contributed by atoms with Crippen LogP contribution in [0.25, 0.3) is 5.69 Å². The van der Waals surface area contributed by atoms with Gasteiger partial charge in [0.1, 0.15) is 17.5 Å². The molecule has 0 aliphatic carbocycles. The molecule has 0 saturated heterocycles. The van der Waals surface area contributed by atoms with Crippen molar-refractivity contribution in [2.75, 3.05) is 5.75 Å². The number of halogens is 2. The van der Waals surface area contributed by atoms with Crippen molar-refractivity contribution in [2.45, 2.75) is 24.9 Å². The van der Waals surface area contributed by atoms with Gasteiger partial charge < -0.3 is 5.11 Å². The molecule has 1 heterocycles. The van der Waals surface area contributed by atoms with Crippen LogP contribution in [0.2, 0.25) is 0 Å². The van der Waals surface area contributed by atoms with E-state index in [1.54, 1.807) is 0 Å². The molecule has 0 aliphatic rings. The molecule has 2 aromatic rings. The highest BCUT2D eigenvalue weighted by Crippen LogP contribution is 2.27. The number of carboxylic acids is 1. The van der Waals surface area contributed by atoms with Crippen molar-refractivity contribution in [1.82, 2.24) is 14.8 Å². The molecule has 0 radical (unpaired) electrons. The van der Waals surface area contributed by atoms with Crippen molar-refractivity contribution < 1.29 is 18.7 Å². The van der Waals surface area contributed by atoms with Crippen LogP contribution in [-0.2, 0) is 4.79 Å². The first-order valence-electron chi connectivity index (χ1n) is 6.15. The lowest BCUT2D eigenvalue weighted by Gasteiger charge is -2.12. The van der Waals surface area contributed by atoms with Crippen molar-refractivity contribution >= 4 is 17.7 Å². The largest absolute Gasteiger partial charge is 0.481 e. The summed E-state index contributed by atoms with van der Waals surface area (Å²) < 4.78 is 28.5. The monoisotopic (exact) mass is 313 g/mol. The van der Waals surface area contributed by atoms with Gasteiger partial charge in [-0.05, 0) is 12.1 Å². The van der Waals surface area contributed by atoms with Gasteiger partial charge in [-0.1, -0.05) is 25.6 Å². The summed E-state index contributed by atoms with van der Waals surface area (Å²) in [6, 6.07) is 3.18. The molecular formula is C13H13F2N3O2S. The average Bonchev–Trinajstić information content (AvgIpc) is 2.80. The lowest BCUT2D eigenvalue weighted by molar-refractivity contribution is -0.133. The van der Waals surface area contributed by atoms with Gasteiger partial charge in [0.25, 0.3) is 0 Å². The Hall–Kier alpha value is -1.96. The minimum absolute atomic E-state index is 0.0545.